The van der Waals surface area contributed by atoms with Gasteiger partial charge in [0.2, 0.25) is 5.91 Å². The average molecular weight is 418 g/mol. The smallest absolute Gasteiger partial charge is 0.228 e. The number of hydrogen-bond acceptors (Lipinski definition) is 4. The molecule has 5 aromatic rings. The van der Waals surface area contributed by atoms with E-state index in [-0.39, 0.29) is 12.3 Å². The second-order valence-corrected chi connectivity index (χ2v) is 7.40. The summed E-state index contributed by atoms with van der Waals surface area (Å²) in [5.74, 6) is -0.110. The molecule has 3 heterocycles. The standard InChI is InChI=1S/C26H18N4O2/c27-15-24-14-21-13-19(20-9-11-32-17-20)3-8-25(21)30(24)23-6-4-22(5-7-23)29-26(31)12-18-2-1-10-28-16-18/h1-11,13-14,16-17H,12H2,(H,29,31). The number of carbonyl (C=O) groups excluding carboxylic acids is 1. The number of pyridine rings is 1. The SMILES string of the molecule is N#Cc1cc2cc(-c3ccoc3)ccc2n1-c1ccc(NC(=O)Cc2cccnc2)cc1. The van der Waals surface area contributed by atoms with Gasteiger partial charge in [0.25, 0.3) is 0 Å². The first kappa shape index (κ1) is 19.3. The normalized spacial score (nSPS) is 10.7. The van der Waals surface area contributed by atoms with Gasteiger partial charge < -0.3 is 14.3 Å². The number of aromatic nitrogens is 2. The molecule has 32 heavy (non-hydrogen) atoms. The summed E-state index contributed by atoms with van der Waals surface area (Å²) in [5, 5.41) is 13.6. The van der Waals surface area contributed by atoms with Crippen LogP contribution in [0.3, 0.4) is 0 Å². The minimum Gasteiger partial charge on any atom is -0.472 e. The highest BCUT2D eigenvalue weighted by Gasteiger charge is 2.12. The summed E-state index contributed by atoms with van der Waals surface area (Å²) < 4.78 is 7.09. The number of fused-ring (bicyclic) bond motifs is 1. The molecule has 0 aliphatic rings. The number of carbonyl (C=O) groups is 1. The lowest BCUT2D eigenvalue weighted by Crippen LogP contribution is -2.14. The molecule has 6 heteroatoms. The van der Waals surface area contributed by atoms with E-state index in [0.717, 1.165) is 33.3 Å². The van der Waals surface area contributed by atoms with Crippen LogP contribution in [0.25, 0.3) is 27.7 Å². The van der Waals surface area contributed by atoms with Gasteiger partial charge in [0.1, 0.15) is 11.8 Å². The zero-order chi connectivity index (χ0) is 21.9. The lowest BCUT2D eigenvalue weighted by molar-refractivity contribution is -0.115. The number of nitrogens with zero attached hydrogens (tertiary/aromatic N) is 3. The topological polar surface area (TPSA) is 83.9 Å². The Balaban J connectivity index is 1.41. The van der Waals surface area contributed by atoms with Gasteiger partial charge >= 0.3 is 0 Å². The number of rotatable bonds is 5. The summed E-state index contributed by atoms with van der Waals surface area (Å²) in [6.07, 6.45) is 6.96. The number of nitrogens with one attached hydrogen (secondary N) is 1. The van der Waals surface area contributed by atoms with Crippen LogP contribution in [0.1, 0.15) is 11.3 Å². The Morgan fingerprint density at radius 1 is 1.06 bits per heavy atom. The molecule has 0 saturated carbocycles. The van der Waals surface area contributed by atoms with Crippen LogP contribution in [0.2, 0.25) is 0 Å². The van der Waals surface area contributed by atoms with E-state index < -0.39 is 0 Å². The summed E-state index contributed by atoms with van der Waals surface area (Å²) in [6.45, 7) is 0. The Morgan fingerprint density at radius 3 is 2.66 bits per heavy atom. The van der Waals surface area contributed by atoms with Crippen molar-refractivity contribution < 1.29 is 9.21 Å². The van der Waals surface area contributed by atoms with Gasteiger partial charge in [-0.1, -0.05) is 12.1 Å². The lowest BCUT2D eigenvalue weighted by atomic mass is 10.1. The molecule has 6 nitrogen and oxygen atoms in total. The number of hydrogen-bond donors (Lipinski definition) is 1. The number of benzene rings is 2. The summed E-state index contributed by atoms with van der Waals surface area (Å²) in [4.78, 5) is 16.3. The van der Waals surface area contributed by atoms with E-state index in [9.17, 15) is 10.1 Å². The third-order valence-corrected chi connectivity index (χ3v) is 5.27. The molecular weight excluding hydrogens is 400 g/mol. The Hall–Kier alpha value is -4.63. The zero-order valence-corrected chi connectivity index (χ0v) is 17.0. The van der Waals surface area contributed by atoms with Gasteiger partial charge in [0.15, 0.2) is 0 Å². The van der Waals surface area contributed by atoms with Crippen LogP contribution in [0.15, 0.2) is 96.1 Å². The average Bonchev–Trinajstić information content (AvgIpc) is 3.48. The van der Waals surface area contributed by atoms with Crippen molar-refractivity contribution in [3.8, 4) is 22.9 Å². The van der Waals surface area contributed by atoms with Crippen molar-refractivity contribution >= 4 is 22.5 Å². The van der Waals surface area contributed by atoms with Gasteiger partial charge in [-0.25, -0.2) is 0 Å². The molecule has 0 aliphatic heterocycles. The van der Waals surface area contributed by atoms with Crippen molar-refractivity contribution in [2.45, 2.75) is 6.42 Å². The molecule has 0 unspecified atom stereocenters. The number of furan rings is 1. The fourth-order valence-electron chi connectivity index (χ4n) is 3.77. The zero-order valence-electron chi connectivity index (χ0n) is 17.0. The minimum absolute atomic E-state index is 0.110. The molecule has 1 N–H and O–H groups in total. The monoisotopic (exact) mass is 418 g/mol. The van der Waals surface area contributed by atoms with E-state index in [1.165, 1.54) is 0 Å². The lowest BCUT2D eigenvalue weighted by Gasteiger charge is -2.10. The third-order valence-electron chi connectivity index (χ3n) is 5.27. The molecule has 0 atom stereocenters. The van der Waals surface area contributed by atoms with Gasteiger partial charge in [-0.05, 0) is 65.7 Å². The van der Waals surface area contributed by atoms with E-state index in [1.807, 2.05) is 71.3 Å². The molecule has 0 spiro atoms. The quantitative estimate of drug-likeness (QED) is 0.418. The van der Waals surface area contributed by atoms with Crippen LogP contribution >= 0.6 is 0 Å². The highest BCUT2D eigenvalue weighted by molar-refractivity contribution is 5.92. The maximum Gasteiger partial charge on any atom is 0.228 e. The first-order valence-corrected chi connectivity index (χ1v) is 10.1. The van der Waals surface area contributed by atoms with E-state index in [1.54, 1.807) is 24.9 Å². The molecule has 0 fully saturated rings. The summed E-state index contributed by atoms with van der Waals surface area (Å²) in [6, 6.07) is 23.3. The second-order valence-electron chi connectivity index (χ2n) is 7.40. The van der Waals surface area contributed by atoms with Gasteiger partial charge in [-0.3, -0.25) is 9.78 Å². The Morgan fingerprint density at radius 2 is 1.94 bits per heavy atom. The fraction of sp³-hybridized carbons (Fsp3) is 0.0385. The van der Waals surface area contributed by atoms with Gasteiger partial charge in [-0.2, -0.15) is 5.26 Å². The molecule has 0 radical (unpaired) electrons. The van der Waals surface area contributed by atoms with Gasteiger partial charge in [0.05, 0.1) is 24.5 Å². The van der Waals surface area contributed by atoms with Crippen molar-refractivity contribution in [2.75, 3.05) is 5.32 Å². The van der Waals surface area contributed by atoms with E-state index in [0.29, 0.717) is 11.4 Å². The van der Waals surface area contributed by atoms with E-state index in [4.69, 9.17) is 4.42 Å². The third kappa shape index (κ3) is 3.75. The molecule has 0 aliphatic carbocycles. The van der Waals surface area contributed by atoms with Crippen molar-refractivity contribution in [3.05, 3.63) is 103 Å². The van der Waals surface area contributed by atoms with Crippen LogP contribution in [0.4, 0.5) is 5.69 Å². The molecule has 1 amide bonds. The largest absolute Gasteiger partial charge is 0.472 e. The molecule has 3 aromatic heterocycles. The van der Waals surface area contributed by atoms with Crippen molar-refractivity contribution in [1.29, 1.82) is 5.26 Å². The summed E-state index contributed by atoms with van der Waals surface area (Å²) in [7, 11) is 0. The van der Waals surface area contributed by atoms with E-state index in [2.05, 4.69) is 16.4 Å². The maximum atomic E-state index is 12.3. The predicted octanol–water partition coefficient (Wildman–Crippen LogP) is 5.34. The molecule has 5 rings (SSSR count). The van der Waals surface area contributed by atoms with Gasteiger partial charge in [0, 0.05) is 34.7 Å². The summed E-state index contributed by atoms with van der Waals surface area (Å²) >= 11 is 0. The molecule has 154 valence electrons. The molecule has 2 aromatic carbocycles. The van der Waals surface area contributed by atoms with Crippen LogP contribution < -0.4 is 5.32 Å². The number of amides is 1. The van der Waals surface area contributed by atoms with Crippen molar-refractivity contribution in [3.63, 3.8) is 0 Å². The first-order valence-electron chi connectivity index (χ1n) is 10.1. The number of nitriles is 1. The van der Waals surface area contributed by atoms with Crippen molar-refractivity contribution in [1.82, 2.24) is 9.55 Å². The van der Waals surface area contributed by atoms with Crippen molar-refractivity contribution in [2.24, 2.45) is 0 Å². The number of anilines is 1. The van der Waals surface area contributed by atoms with Gasteiger partial charge in [-0.15, -0.1) is 0 Å². The highest BCUT2D eigenvalue weighted by atomic mass is 16.3. The predicted molar refractivity (Wildman–Crippen MR) is 122 cm³/mol. The molecule has 0 bridgehead atoms. The maximum absolute atomic E-state index is 12.3. The molecular formula is C26H18N4O2. The van der Waals surface area contributed by atoms with Crippen LogP contribution in [-0.4, -0.2) is 15.5 Å². The Labute approximate surface area is 184 Å². The summed E-state index contributed by atoms with van der Waals surface area (Å²) in [5.41, 5.74) is 5.88. The Bertz CT molecular complexity index is 1430. The second kappa shape index (κ2) is 8.25. The van der Waals surface area contributed by atoms with Crippen LogP contribution in [0.5, 0.6) is 0 Å². The molecule has 0 saturated heterocycles. The van der Waals surface area contributed by atoms with Crippen LogP contribution in [0, 0.1) is 11.3 Å². The minimum atomic E-state index is -0.110. The fourth-order valence-corrected chi connectivity index (χ4v) is 3.77. The van der Waals surface area contributed by atoms with E-state index >= 15 is 0 Å². The van der Waals surface area contributed by atoms with Crippen LogP contribution in [-0.2, 0) is 11.2 Å². The first-order chi connectivity index (χ1) is 15.7. The Kier molecular flexibility index (Phi) is 4.98. The highest BCUT2D eigenvalue weighted by Crippen LogP contribution is 2.29.